The predicted octanol–water partition coefficient (Wildman–Crippen LogP) is 3.42. The Morgan fingerprint density at radius 1 is 1.00 bits per heavy atom. The molecule has 0 atom stereocenters. The number of fused-ring (bicyclic) bond motifs is 1. The molecule has 120 valence electrons. The van der Waals surface area contributed by atoms with Gasteiger partial charge in [0.2, 0.25) is 0 Å². The average Bonchev–Trinajstić information content (AvgIpc) is 2.60. The molecule has 2 aromatic carbocycles. The van der Waals surface area contributed by atoms with E-state index in [1.165, 1.54) is 12.1 Å². The van der Waals surface area contributed by atoms with Crippen LogP contribution in [0.1, 0.15) is 5.56 Å². The van der Waals surface area contributed by atoms with Gasteiger partial charge in [-0.15, -0.1) is 0 Å². The fourth-order valence-electron chi connectivity index (χ4n) is 2.14. The highest BCUT2D eigenvalue weighted by Gasteiger charge is 2.04. The van der Waals surface area contributed by atoms with Gasteiger partial charge in [-0.05, 0) is 48.0 Å². The first-order valence-corrected chi connectivity index (χ1v) is 7.22. The Kier molecular flexibility index (Phi) is 4.43. The molecule has 0 amide bonds. The topological polar surface area (TPSA) is 65.7 Å². The summed E-state index contributed by atoms with van der Waals surface area (Å²) >= 11 is 0. The standard InChI is InChI=1S/C19H14O5/c1-22-15-6-2-13(3-7-15)4-10-18(20)23-16-8-9-17-14(12-16)5-11-19(21)24-17/h2-12H,1H3/b10-4+. The van der Waals surface area contributed by atoms with Gasteiger partial charge in [0.1, 0.15) is 17.1 Å². The van der Waals surface area contributed by atoms with E-state index < -0.39 is 11.6 Å². The third-order valence-electron chi connectivity index (χ3n) is 3.34. The van der Waals surface area contributed by atoms with Crippen molar-refractivity contribution in [2.24, 2.45) is 0 Å². The maximum atomic E-state index is 11.9. The Labute approximate surface area is 137 Å². The van der Waals surface area contributed by atoms with Crippen molar-refractivity contribution in [3.8, 4) is 11.5 Å². The molecule has 5 nitrogen and oxygen atoms in total. The molecule has 3 aromatic rings. The minimum Gasteiger partial charge on any atom is -0.497 e. The monoisotopic (exact) mass is 322 g/mol. The Hall–Kier alpha value is -3.34. The number of rotatable bonds is 4. The van der Waals surface area contributed by atoms with Crippen LogP contribution in [0.4, 0.5) is 0 Å². The maximum absolute atomic E-state index is 11.9. The second kappa shape index (κ2) is 6.83. The highest BCUT2D eigenvalue weighted by atomic mass is 16.5. The number of ether oxygens (including phenoxy) is 2. The first-order valence-electron chi connectivity index (χ1n) is 7.22. The van der Waals surface area contributed by atoms with Gasteiger partial charge < -0.3 is 13.9 Å². The van der Waals surface area contributed by atoms with Crippen molar-refractivity contribution in [3.05, 3.63) is 76.7 Å². The third kappa shape index (κ3) is 3.70. The molecule has 0 aliphatic heterocycles. The van der Waals surface area contributed by atoms with Crippen LogP contribution in [0, 0.1) is 0 Å². The summed E-state index contributed by atoms with van der Waals surface area (Å²) in [6.45, 7) is 0. The van der Waals surface area contributed by atoms with Crippen molar-refractivity contribution >= 4 is 23.0 Å². The van der Waals surface area contributed by atoms with Crippen LogP contribution in [0.5, 0.6) is 11.5 Å². The van der Waals surface area contributed by atoms with E-state index in [9.17, 15) is 9.59 Å². The Morgan fingerprint density at radius 2 is 1.75 bits per heavy atom. The minimum absolute atomic E-state index is 0.376. The number of carbonyl (C=O) groups is 1. The van der Waals surface area contributed by atoms with Crippen molar-refractivity contribution in [2.75, 3.05) is 7.11 Å². The molecule has 0 spiro atoms. The lowest BCUT2D eigenvalue weighted by molar-refractivity contribution is -0.128. The number of esters is 1. The summed E-state index contributed by atoms with van der Waals surface area (Å²) in [6, 6.07) is 15.0. The molecule has 0 bridgehead atoms. The smallest absolute Gasteiger partial charge is 0.336 e. The van der Waals surface area contributed by atoms with Gasteiger partial charge in [-0.2, -0.15) is 0 Å². The van der Waals surface area contributed by atoms with Crippen LogP contribution in [0.3, 0.4) is 0 Å². The van der Waals surface area contributed by atoms with Crippen molar-refractivity contribution in [2.45, 2.75) is 0 Å². The minimum atomic E-state index is -0.498. The summed E-state index contributed by atoms with van der Waals surface area (Å²) in [5.74, 6) is 0.626. The van der Waals surface area contributed by atoms with Crippen LogP contribution in [0.15, 0.2) is 69.9 Å². The van der Waals surface area contributed by atoms with Gasteiger partial charge in [0, 0.05) is 17.5 Å². The van der Waals surface area contributed by atoms with E-state index in [0.717, 1.165) is 11.3 Å². The normalized spacial score (nSPS) is 10.9. The Balaban J connectivity index is 1.70. The lowest BCUT2D eigenvalue weighted by atomic mass is 10.2. The number of carbonyl (C=O) groups excluding carboxylic acids is 1. The quantitative estimate of drug-likeness (QED) is 0.319. The van der Waals surface area contributed by atoms with E-state index in [-0.39, 0.29) is 0 Å². The SMILES string of the molecule is COc1ccc(/C=C/C(=O)Oc2ccc3oc(=O)ccc3c2)cc1. The zero-order valence-corrected chi connectivity index (χ0v) is 12.9. The summed E-state index contributed by atoms with van der Waals surface area (Å²) in [5, 5.41) is 0.680. The second-order valence-corrected chi connectivity index (χ2v) is 4.98. The zero-order valence-electron chi connectivity index (χ0n) is 12.9. The predicted molar refractivity (Wildman–Crippen MR) is 90.1 cm³/mol. The second-order valence-electron chi connectivity index (χ2n) is 4.98. The third-order valence-corrected chi connectivity index (χ3v) is 3.34. The summed E-state index contributed by atoms with van der Waals surface area (Å²) < 4.78 is 15.3. The molecule has 0 unspecified atom stereocenters. The molecule has 0 radical (unpaired) electrons. The van der Waals surface area contributed by atoms with Crippen LogP contribution in [-0.2, 0) is 4.79 Å². The van der Waals surface area contributed by atoms with Crippen LogP contribution in [0.2, 0.25) is 0 Å². The largest absolute Gasteiger partial charge is 0.497 e. The van der Waals surface area contributed by atoms with Crippen molar-refractivity contribution in [1.82, 2.24) is 0 Å². The summed E-state index contributed by atoms with van der Waals surface area (Å²) in [5.41, 5.74) is 0.874. The molecular formula is C19H14O5. The van der Waals surface area contributed by atoms with Gasteiger partial charge in [-0.3, -0.25) is 0 Å². The molecular weight excluding hydrogens is 308 g/mol. The van der Waals surface area contributed by atoms with Crippen LogP contribution < -0.4 is 15.1 Å². The van der Waals surface area contributed by atoms with Gasteiger partial charge in [-0.25, -0.2) is 9.59 Å². The fourth-order valence-corrected chi connectivity index (χ4v) is 2.14. The molecule has 0 aliphatic rings. The molecule has 5 heteroatoms. The summed E-state index contributed by atoms with van der Waals surface area (Å²) in [7, 11) is 1.59. The van der Waals surface area contributed by atoms with Crippen LogP contribution in [-0.4, -0.2) is 13.1 Å². The summed E-state index contributed by atoms with van der Waals surface area (Å²) in [4.78, 5) is 23.0. The van der Waals surface area contributed by atoms with E-state index in [2.05, 4.69) is 0 Å². The highest BCUT2D eigenvalue weighted by molar-refractivity contribution is 5.89. The number of hydrogen-bond acceptors (Lipinski definition) is 5. The number of methoxy groups -OCH3 is 1. The van der Waals surface area contributed by atoms with Crippen molar-refractivity contribution in [3.63, 3.8) is 0 Å². The first-order chi connectivity index (χ1) is 11.6. The highest BCUT2D eigenvalue weighted by Crippen LogP contribution is 2.20. The number of hydrogen-bond donors (Lipinski definition) is 0. The molecule has 0 saturated heterocycles. The van der Waals surface area contributed by atoms with Crippen LogP contribution >= 0.6 is 0 Å². The van der Waals surface area contributed by atoms with E-state index in [1.807, 2.05) is 24.3 Å². The van der Waals surface area contributed by atoms with Gasteiger partial charge >= 0.3 is 11.6 Å². The maximum Gasteiger partial charge on any atom is 0.336 e. The van der Waals surface area contributed by atoms with E-state index in [1.54, 1.807) is 37.5 Å². The molecule has 1 aromatic heterocycles. The van der Waals surface area contributed by atoms with E-state index in [0.29, 0.717) is 16.7 Å². The van der Waals surface area contributed by atoms with E-state index in [4.69, 9.17) is 13.9 Å². The van der Waals surface area contributed by atoms with Gasteiger partial charge in [0.15, 0.2) is 0 Å². The van der Waals surface area contributed by atoms with Crippen LogP contribution in [0.25, 0.3) is 17.0 Å². The van der Waals surface area contributed by atoms with E-state index >= 15 is 0 Å². The molecule has 24 heavy (non-hydrogen) atoms. The number of benzene rings is 2. The van der Waals surface area contributed by atoms with Gasteiger partial charge in [-0.1, -0.05) is 12.1 Å². The molecule has 1 heterocycles. The molecule has 0 N–H and O–H groups in total. The molecule has 0 fully saturated rings. The Bertz CT molecular complexity index is 951. The average molecular weight is 322 g/mol. The Morgan fingerprint density at radius 3 is 2.50 bits per heavy atom. The lowest BCUT2D eigenvalue weighted by Crippen LogP contribution is -2.03. The summed E-state index contributed by atoms with van der Waals surface area (Å²) in [6.07, 6.45) is 3.00. The fraction of sp³-hybridized carbons (Fsp3) is 0.0526. The lowest BCUT2D eigenvalue weighted by Gasteiger charge is -2.03. The van der Waals surface area contributed by atoms with Crippen molar-refractivity contribution < 1.29 is 18.7 Å². The zero-order chi connectivity index (χ0) is 16.9. The first kappa shape index (κ1) is 15.6. The molecule has 3 rings (SSSR count). The van der Waals surface area contributed by atoms with Gasteiger partial charge in [0.05, 0.1) is 7.11 Å². The molecule has 0 saturated carbocycles. The van der Waals surface area contributed by atoms with Crippen molar-refractivity contribution in [1.29, 1.82) is 0 Å². The van der Waals surface area contributed by atoms with Gasteiger partial charge in [0.25, 0.3) is 0 Å². The molecule has 0 aliphatic carbocycles.